The molecule has 0 bridgehead atoms. The molecule has 0 fully saturated rings. The minimum Gasteiger partial charge on any atom is -0.308 e. The maximum Gasteiger partial charge on any atom is 0.136 e. The Morgan fingerprint density at radius 1 is 0.870 bits per heavy atom. The van der Waals surface area contributed by atoms with E-state index in [1.807, 2.05) is 23.8 Å². The number of hydrogen-bond acceptors (Lipinski definition) is 2. The Morgan fingerprint density at radius 3 is 2.39 bits per heavy atom. The molecule has 4 heterocycles. The van der Waals surface area contributed by atoms with Crippen LogP contribution >= 0.6 is 0 Å². The number of hydrogen-bond donors (Lipinski definition) is 0. The average Bonchev–Trinajstić information content (AvgIpc) is 3.07. The summed E-state index contributed by atoms with van der Waals surface area (Å²) in [7, 11) is 0. The van der Waals surface area contributed by atoms with Crippen LogP contribution in [0.3, 0.4) is 0 Å². The van der Waals surface area contributed by atoms with Gasteiger partial charge in [-0.05, 0) is 62.1 Å². The fraction of sp³-hybridized carbons (Fsp3) is 0.263. The molecule has 0 saturated carbocycles. The van der Waals surface area contributed by atoms with Gasteiger partial charge in [-0.1, -0.05) is 6.92 Å². The second-order valence-electron chi connectivity index (χ2n) is 5.98. The van der Waals surface area contributed by atoms with Crippen molar-refractivity contribution in [2.45, 2.75) is 34.1 Å². The predicted octanol–water partition coefficient (Wildman–Crippen LogP) is 4.16. The smallest absolute Gasteiger partial charge is 0.136 e. The Morgan fingerprint density at radius 2 is 1.61 bits per heavy atom. The van der Waals surface area contributed by atoms with Crippen LogP contribution in [0.2, 0.25) is 0 Å². The minimum atomic E-state index is 1.03. The number of rotatable bonds is 1. The van der Waals surface area contributed by atoms with Gasteiger partial charge in [0.25, 0.3) is 0 Å². The van der Waals surface area contributed by atoms with Gasteiger partial charge in [-0.15, -0.1) is 0 Å². The van der Waals surface area contributed by atoms with Crippen molar-refractivity contribution in [1.82, 2.24) is 18.8 Å². The van der Waals surface area contributed by atoms with E-state index in [1.165, 1.54) is 22.2 Å². The highest BCUT2D eigenvalue weighted by Crippen LogP contribution is 2.09. The van der Waals surface area contributed by atoms with E-state index in [0.29, 0.717) is 0 Å². The summed E-state index contributed by atoms with van der Waals surface area (Å²) in [6.07, 6.45) is 11.1. The summed E-state index contributed by atoms with van der Waals surface area (Å²) in [5, 5.41) is 0. The van der Waals surface area contributed by atoms with Gasteiger partial charge in [0, 0.05) is 36.0 Å². The third kappa shape index (κ3) is 3.42. The Balaban J connectivity index is 0.000000136. The van der Waals surface area contributed by atoms with E-state index in [9.17, 15) is 0 Å². The molecule has 118 valence electrons. The number of fused-ring (bicyclic) bond motifs is 2. The molecule has 0 aromatic carbocycles. The van der Waals surface area contributed by atoms with Crippen molar-refractivity contribution in [3.05, 3.63) is 71.7 Å². The Kier molecular flexibility index (Phi) is 4.15. The molecule has 4 aromatic heterocycles. The Bertz CT molecular complexity index is 946. The minimum absolute atomic E-state index is 1.03. The van der Waals surface area contributed by atoms with Crippen molar-refractivity contribution in [2.75, 3.05) is 0 Å². The molecule has 4 nitrogen and oxygen atoms in total. The van der Waals surface area contributed by atoms with Crippen molar-refractivity contribution in [2.24, 2.45) is 0 Å². The standard InChI is InChI=1S/C10H12N2.C9H10N2/c1-3-9-5-11-10-4-8(2)6-12(10)7-9;1-7-3-9-4-8(2)10-6-11(9)5-7/h4-7H,3H2,1-2H3;3-6H,1-2H3. The lowest BCUT2D eigenvalue weighted by Crippen LogP contribution is -1.89. The maximum atomic E-state index is 4.34. The van der Waals surface area contributed by atoms with Gasteiger partial charge in [0.1, 0.15) is 5.65 Å². The van der Waals surface area contributed by atoms with E-state index in [4.69, 9.17) is 0 Å². The first-order valence-corrected chi connectivity index (χ1v) is 7.89. The molecule has 4 heteroatoms. The van der Waals surface area contributed by atoms with E-state index in [1.54, 1.807) is 0 Å². The lowest BCUT2D eigenvalue weighted by molar-refractivity contribution is 1.03. The summed E-state index contributed by atoms with van der Waals surface area (Å²) in [4.78, 5) is 8.52. The third-order valence-corrected chi connectivity index (χ3v) is 3.80. The van der Waals surface area contributed by atoms with Crippen LogP contribution in [0.1, 0.15) is 29.3 Å². The second kappa shape index (κ2) is 6.24. The Labute approximate surface area is 136 Å². The molecular formula is C19H22N4. The van der Waals surface area contributed by atoms with Gasteiger partial charge in [-0.3, -0.25) is 0 Å². The molecule has 0 aliphatic rings. The van der Waals surface area contributed by atoms with Crippen LogP contribution in [-0.2, 0) is 6.42 Å². The van der Waals surface area contributed by atoms with Crippen LogP contribution in [0.5, 0.6) is 0 Å². The normalized spacial score (nSPS) is 10.8. The summed E-state index contributed by atoms with van der Waals surface area (Å²) in [6.45, 7) is 8.31. The predicted molar refractivity (Wildman–Crippen MR) is 94.0 cm³/mol. The van der Waals surface area contributed by atoms with Gasteiger partial charge in [0.05, 0.1) is 6.33 Å². The van der Waals surface area contributed by atoms with Gasteiger partial charge in [0.2, 0.25) is 0 Å². The molecule has 0 spiro atoms. The van der Waals surface area contributed by atoms with E-state index < -0.39 is 0 Å². The molecule has 23 heavy (non-hydrogen) atoms. The largest absolute Gasteiger partial charge is 0.308 e. The third-order valence-electron chi connectivity index (χ3n) is 3.80. The van der Waals surface area contributed by atoms with E-state index in [0.717, 1.165) is 17.8 Å². The summed E-state index contributed by atoms with van der Waals surface area (Å²) in [5.41, 5.74) is 7.13. The van der Waals surface area contributed by atoms with Crippen molar-refractivity contribution >= 4 is 11.2 Å². The van der Waals surface area contributed by atoms with Gasteiger partial charge in [-0.2, -0.15) is 0 Å². The van der Waals surface area contributed by atoms with Crippen LogP contribution in [0.4, 0.5) is 0 Å². The van der Waals surface area contributed by atoms with Crippen LogP contribution in [0, 0.1) is 20.8 Å². The average molecular weight is 306 g/mol. The Hall–Kier alpha value is -2.62. The molecule has 0 atom stereocenters. The fourth-order valence-corrected chi connectivity index (χ4v) is 2.61. The van der Waals surface area contributed by atoms with Crippen LogP contribution in [0.25, 0.3) is 11.2 Å². The lowest BCUT2D eigenvalue weighted by Gasteiger charge is -1.96. The quantitative estimate of drug-likeness (QED) is 0.529. The molecule has 4 aromatic rings. The first-order valence-electron chi connectivity index (χ1n) is 7.89. The summed E-state index contributed by atoms with van der Waals surface area (Å²) in [6, 6.07) is 6.31. The molecule has 0 saturated heterocycles. The van der Waals surface area contributed by atoms with E-state index >= 15 is 0 Å². The van der Waals surface area contributed by atoms with E-state index in [2.05, 4.69) is 71.9 Å². The number of aryl methyl sites for hydroxylation is 4. The zero-order valence-corrected chi connectivity index (χ0v) is 14.1. The summed E-state index contributed by atoms with van der Waals surface area (Å²) in [5.74, 6) is 0. The maximum absolute atomic E-state index is 4.34. The second-order valence-corrected chi connectivity index (χ2v) is 5.98. The van der Waals surface area contributed by atoms with Crippen LogP contribution in [0.15, 0.2) is 49.3 Å². The molecule has 0 amide bonds. The highest BCUT2D eigenvalue weighted by Gasteiger charge is 1.97. The fourth-order valence-electron chi connectivity index (χ4n) is 2.61. The van der Waals surface area contributed by atoms with Crippen molar-refractivity contribution in [3.63, 3.8) is 0 Å². The summed E-state index contributed by atoms with van der Waals surface area (Å²) < 4.78 is 4.11. The molecule has 4 rings (SSSR count). The molecule has 0 radical (unpaired) electrons. The van der Waals surface area contributed by atoms with Crippen LogP contribution < -0.4 is 0 Å². The highest BCUT2D eigenvalue weighted by atomic mass is 15.0. The first-order chi connectivity index (χ1) is 11.0. The topological polar surface area (TPSA) is 34.6 Å². The van der Waals surface area contributed by atoms with Crippen molar-refractivity contribution in [1.29, 1.82) is 0 Å². The SMILES string of the molecule is CCc1cnc2cc(C)cn2c1.Cc1cc2cc(C)ncn2c1. The molecule has 0 aliphatic carbocycles. The van der Waals surface area contributed by atoms with Crippen molar-refractivity contribution in [3.8, 4) is 0 Å². The zero-order chi connectivity index (χ0) is 16.4. The number of aromatic nitrogens is 4. The van der Waals surface area contributed by atoms with Gasteiger partial charge in [0.15, 0.2) is 0 Å². The molecule has 0 aliphatic heterocycles. The van der Waals surface area contributed by atoms with Crippen LogP contribution in [-0.4, -0.2) is 18.8 Å². The monoisotopic (exact) mass is 306 g/mol. The zero-order valence-electron chi connectivity index (χ0n) is 14.1. The number of nitrogens with zero attached hydrogens (tertiary/aromatic N) is 4. The van der Waals surface area contributed by atoms with Gasteiger partial charge < -0.3 is 8.80 Å². The van der Waals surface area contributed by atoms with E-state index in [-0.39, 0.29) is 0 Å². The highest BCUT2D eigenvalue weighted by molar-refractivity contribution is 5.50. The molecule has 0 unspecified atom stereocenters. The first kappa shape index (κ1) is 15.3. The molecular weight excluding hydrogens is 284 g/mol. The lowest BCUT2D eigenvalue weighted by atomic mass is 10.3. The van der Waals surface area contributed by atoms with Gasteiger partial charge in [-0.25, -0.2) is 9.97 Å². The van der Waals surface area contributed by atoms with Gasteiger partial charge >= 0.3 is 0 Å². The molecule has 0 N–H and O–H groups in total. The summed E-state index contributed by atoms with van der Waals surface area (Å²) >= 11 is 0. The van der Waals surface area contributed by atoms with Crippen molar-refractivity contribution < 1.29 is 0 Å².